The minimum Gasteiger partial charge on any atom is -0.310 e. The second-order valence-corrected chi connectivity index (χ2v) is 3.67. The Morgan fingerprint density at radius 3 is 2.11 bits per heavy atom. The topological polar surface area (TPSA) is 12.0 Å². The quantitative estimate of drug-likeness (QED) is 0.566. The van der Waals surface area contributed by atoms with E-state index in [-0.39, 0.29) is 0 Å². The summed E-state index contributed by atoms with van der Waals surface area (Å²) in [7, 11) is 0. The van der Waals surface area contributed by atoms with Gasteiger partial charge in [-0.2, -0.15) is 0 Å². The third kappa shape index (κ3) is 0.877. The first-order chi connectivity index (χ1) is 4.09. The van der Waals surface area contributed by atoms with Gasteiger partial charge in [0.1, 0.15) is 0 Å². The van der Waals surface area contributed by atoms with Crippen molar-refractivity contribution in [3.8, 4) is 0 Å². The largest absolute Gasteiger partial charge is 0.310 e. The summed E-state index contributed by atoms with van der Waals surface area (Å²) in [6.07, 6.45) is 1.26. The normalized spacial score (nSPS) is 40.0. The predicted molar refractivity (Wildman–Crippen MR) is 40.5 cm³/mol. The molecule has 1 saturated heterocycles. The Bertz CT molecular complexity index is 107. The molecule has 1 heteroatoms. The highest BCUT2D eigenvalue weighted by atomic mass is 15.1. The summed E-state index contributed by atoms with van der Waals surface area (Å²) in [6.45, 7) is 9.17. The van der Waals surface area contributed by atoms with Crippen molar-refractivity contribution >= 4 is 0 Å². The second kappa shape index (κ2) is 1.98. The molecule has 0 aromatic carbocycles. The summed E-state index contributed by atoms with van der Waals surface area (Å²) in [4.78, 5) is 0. The van der Waals surface area contributed by atoms with Crippen LogP contribution in [0.1, 0.15) is 34.1 Å². The first kappa shape index (κ1) is 7.07. The van der Waals surface area contributed by atoms with E-state index in [0.29, 0.717) is 11.5 Å². The summed E-state index contributed by atoms with van der Waals surface area (Å²) in [6, 6.07) is 1.47. The van der Waals surface area contributed by atoms with Crippen LogP contribution in [0.4, 0.5) is 0 Å². The van der Waals surface area contributed by atoms with Crippen molar-refractivity contribution in [1.82, 2.24) is 5.32 Å². The zero-order chi connectivity index (χ0) is 7.07. The Hall–Kier alpha value is -0.0400. The lowest BCUT2D eigenvalue weighted by Crippen LogP contribution is -2.65. The van der Waals surface area contributed by atoms with Crippen molar-refractivity contribution in [1.29, 1.82) is 0 Å². The molecule has 0 amide bonds. The van der Waals surface area contributed by atoms with E-state index >= 15 is 0 Å². The molecule has 0 spiro atoms. The molecule has 1 aliphatic heterocycles. The maximum absolute atomic E-state index is 3.48. The molecular formula is C8H17N. The van der Waals surface area contributed by atoms with Gasteiger partial charge in [0, 0.05) is 12.1 Å². The van der Waals surface area contributed by atoms with Crippen LogP contribution in [-0.2, 0) is 0 Å². The van der Waals surface area contributed by atoms with E-state index in [1.807, 2.05) is 0 Å². The Kier molecular flexibility index (Phi) is 1.55. The lowest BCUT2D eigenvalue weighted by Gasteiger charge is -2.52. The molecule has 9 heavy (non-hydrogen) atoms. The maximum atomic E-state index is 3.48. The molecule has 0 aliphatic carbocycles. The molecule has 0 aromatic heterocycles. The molecule has 1 nitrogen and oxygen atoms in total. The standard InChI is InChI=1S/C8H17N/c1-5-7-8(3,4)6(2)9-7/h6-7,9H,5H2,1-4H3. The van der Waals surface area contributed by atoms with Gasteiger partial charge in [-0.25, -0.2) is 0 Å². The van der Waals surface area contributed by atoms with Gasteiger partial charge in [0.15, 0.2) is 0 Å². The van der Waals surface area contributed by atoms with Crippen LogP contribution in [-0.4, -0.2) is 12.1 Å². The van der Waals surface area contributed by atoms with Crippen LogP contribution in [0, 0.1) is 5.41 Å². The van der Waals surface area contributed by atoms with E-state index in [0.717, 1.165) is 6.04 Å². The van der Waals surface area contributed by atoms with Crippen molar-refractivity contribution < 1.29 is 0 Å². The second-order valence-electron chi connectivity index (χ2n) is 3.67. The summed E-state index contributed by atoms with van der Waals surface area (Å²) in [5, 5.41) is 3.48. The van der Waals surface area contributed by atoms with Crippen LogP contribution in [0.3, 0.4) is 0 Å². The van der Waals surface area contributed by atoms with E-state index in [2.05, 4.69) is 33.0 Å². The van der Waals surface area contributed by atoms with Gasteiger partial charge in [0.25, 0.3) is 0 Å². The van der Waals surface area contributed by atoms with Crippen molar-refractivity contribution in [3.05, 3.63) is 0 Å². The van der Waals surface area contributed by atoms with Gasteiger partial charge in [-0.15, -0.1) is 0 Å². The molecule has 2 unspecified atom stereocenters. The van der Waals surface area contributed by atoms with Gasteiger partial charge in [0.2, 0.25) is 0 Å². The molecule has 0 aromatic rings. The molecule has 0 radical (unpaired) electrons. The first-order valence-electron chi connectivity index (χ1n) is 3.85. The van der Waals surface area contributed by atoms with E-state index in [1.165, 1.54) is 6.42 Å². The number of rotatable bonds is 1. The lowest BCUT2D eigenvalue weighted by atomic mass is 9.69. The summed E-state index contributed by atoms with van der Waals surface area (Å²) >= 11 is 0. The fraction of sp³-hybridized carbons (Fsp3) is 1.00. The zero-order valence-corrected chi connectivity index (χ0v) is 6.86. The SMILES string of the molecule is CCC1NC(C)C1(C)C. The number of hydrogen-bond donors (Lipinski definition) is 1. The van der Waals surface area contributed by atoms with Crippen LogP contribution in [0.15, 0.2) is 0 Å². The highest BCUT2D eigenvalue weighted by Gasteiger charge is 2.43. The van der Waals surface area contributed by atoms with Crippen molar-refractivity contribution in [3.63, 3.8) is 0 Å². The molecule has 0 saturated carbocycles. The third-order valence-corrected chi connectivity index (χ3v) is 2.87. The average molecular weight is 127 g/mol. The first-order valence-corrected chi connectivity index (χ1v) is 3.85. The Balaban J connectivity index is 2.48. The minimum absolute atomic E-state index is 0.536. The summed E-state index contributed by atoms with van der Waals surface area (Å²) in [5.41, 5.74) is 0.536. The molecule has 2 atom stereocenters. The fourth-order valence-electron chi connectivity index (χ4n) is 1.58. The fourth-order valence-corrected chi connectivity index (χ4v) is 1.58. The van der Waals surface area contributed by atoms with Crippen LogP contribution < -0.4 is 5.32 Å². The van der Waals surface area contributed by atoms with Gasteiger partial charge in [-0.3, -0.25) is 0 Å². The van der Waals surface area contributed by atoms with Gasteiger partial charge in [-0.05, 0) is 18.8 Å². The van der Waals surface area contributed by atoms with Crippen LogP contribution in [0.2, 0.25) is 0 Å². The summed E-state index contributed by atoms with van der Waals surface area (Å²) < 4.78 is 0. The van der Waals surface area contributed by atoms with Crippen molar-refractivity contribution in [2.45, 2.75) is 46.2 Å². The molecular weight excluding hydrogens is 110 g/mol. The molecule has 54 valence electrons. The molecule has 1 fully saturated rings. The molecule has 1 rings (SSSR count). The predicted octanol–water partition coefficient (Wildman–Crippen LogP) is 1.78. The number of hydrogen-bond acceptors (Lipinski definition) is 1. The molecule has 0 bridgehead atoms. The zero-order valence-electron chi connectivity index (χ0n) is 6.86. The van der Waals surface area contributed by atoms with E-state index < -0.39 is 0 Å². The van der Waals surface area contributed by atoms with Gasteiger partial charge in [0.05, 0.1) is 0 Å². The average Bonchev–Trinajstić information content (AvgIpc) is 1.82. The maximum Gasteiger partial charge on any atom is 0.0133 e. The molecule has 1 aliphatic rings. The van der Waals surface area contributed by atoms with Gasteiger partial charge in [-0.1, -0.05) is 20.8 Å². The van der Waals surface area contributed by atoms with Crippen LogP contribution in [0.25, 0.3) is 0 Å². The number of nitrogens with one attached hydrogen (secondary N) is 1. The van der Waals surface area contributed by atoms with Crippen LogP contribution >= 0.6 is 0 Å². The van der Waals surface area contributed by atoms with Gasteiger partial charge < -0.3 is 5.32 Å². The van der Waals surface area contributed by atoms with Crippen molar-refractivity contribution in [2.75, 3.05) is 0 Å². The van der Waals surface area contributed by atoms with E-state index in [4.69, 9.17) is 0 Å². The highest BCUT2D eigenvalue weighted by molar-refractivity contribution is 5.01. The molecule has 1 N–H and O–H groups in total. The summed E-state index contributed by atoms with van der Waals surface area (Å²) in [5.74, 6) is 0. The van der Waals surface area contributed by atoms with Crippen LogP contribution in [0.5, 0.6) is 0 Å². The smallest absolute Gasteiger partial charge is 0.0133 e. The molecule has 1 heterocycles. The van der Waals surface area contributed by atoms with E-state index in [9.17, 15) is 0 Å². The Morgan fingerprint density at radius 2 is 2.00 bits per heavy atom. The van der Waals surface area contributed by atoms with Gasteiger partial charge >= 0.3 is 0 Å². The monoisotopic (exact) mass is 127 g/mol. The highest BCUT2D eigenvalue weighted by Crippen LogP contribution is 2.35. The minimum atomic E-state index is 0.536. The Labute approximate surface area is 57.8 Å². The Morgan fingerprint density at radius 1 is 1.44 bits per heavy atom. The third-order valence-electron chi connectivity index (χ3n) is 2.87. The lowest BCUT2D eigenvalue weighted by molar-refractivity contribution is 0.0566. The van der Waals surface area contributed by atoms with Crippen molar-refractivity contribution in [2.24, 2.45) is 5.41 Å². The van der Waals surface area contributed by atoms with E-state index in [1.54, 1.807) is 0 Å².